The molecule has 0 saturated heterocycles. The van der Waals surface area contributed by atoms with Crippen molar-refractivity contribution < 1.29 is 5.11 Å². The van der Waals surface area contributed by atoms with Gasteiger partial charge in [-0.2, -0.15) is 0 Å². The summed E-state index contributed by atoms with van der Waals surface area (Å²) in [4.78, 5) is 2.12. The van der Waals surface area contributed by atoms with Crippen molar-refractivity contribution in [2.45, 2.75) is 33.3 Å². The van der Waals surface area contributed by atoms with E-state index in [2.05, 4.69) is 23.7 Å². The van der Waals surface area contributed by atoms with Gasteiger partial charge in [0.1, 0.15) is 0 Å². The van der Waals surface area contributed by atoms with Gasteiger partial charge in [0, 0.05) is 6.54 Å². The third-order valence-electron chi connectivity index (χ3n) is 1.54. The van der Waals surface area contributed by atoms with Crippen molar-refractivity contribution in [3.05, 3.63) is 0 Å². The summed E-state index contributed by atoms with van der Waals surface area (Å²) in [5, 5.41) is 9.53. The molecule has 12 heavy (non-hydrogen) atoms. The van der Waals surface area contributed by atoms with Crippen molar-refractivity contribution in [2.75, 3.05) is 19.6 Å². The van der Waals surface area contributed by atoms with Crippen LogP contribution in [0.4, 0.5) is 0 Å². The molecule has 0 aliphatic heterocycles. The maximum absolute atomic E-state index is 9.53. The molecule has 0 spiro atoms. The van der Waals surface area contributed by atoms with Crippen LogP contribution in [0.5, 0.6) is 0 Å². The lowest BCUT2D eigenvalue weighted by Crippen LogP contribution is -2.38. The summed E-state index contributed by atoms with van der Waals surface area (Å²) in [5.41, 5.74) is -0.620. The monoisotopic (exact) mass is 169 g/mol. The van der Waals surface area contributed by atoms with Crippen LogP contribution in [0.15, 0.2) is 0 Å². The van der Waals surface area contributed by atoms with E-state index in [0.29, 0.717) is 6.54 Å². The van der Waals surface area contributed by atoms with Gasteiger partial charge in [-0.3, -0.25) is 4.90 Å². The SMILES string of the molecule is CC#CCN(CC)CC(C)(C)O. The molecule has 0 atom stereocenters. The Morgan fingerprint density at radius 3 is 2.33 bits per heavy atom. The minimum Gasteiger partial charge on any atom is -0.389 e. The molecular weight excluding hydrogens is 150 g/mol. The van der Waals surface area contributed by atoms with E-state index in [9.17, 15) is 5.11 Å². The Balaban J connectivity index is 3.88. The molecule has 0 fully saturated rings. The Morgan fingerprint density at radius 2 is 2.00 bits per heavy atom. The van der Waals surface area contributed by atoms with Crippen LogP contribution in [0.1, 0.15) is 27.7 Å². The first-order chi connectivity index (χ1) is 5.49. The normalized spacial score (nSPS) is 11.2. The van der Waals surface area contributed by atoms with E-state index in [1.54, 1.807) is 0 Å². The zero-order valence-electron chi connectivity index (χ0n) is 8.52. The highest BCUT2D eigenvalue weighted by Gasteiger charge is 2.15. The van der Waals surface area contributed by atoms with E-state index in [1.165, 1.54) is 0 Å². The average molecular weight is 169 g/mol. The molecule has 0 radical (unpaired) electrons. The lowest BCUT2D eigenvalue weighted by molar-refractivity contribution is 0.0422. The maximum Gasteiger partial charge on any atom is 0.0718 e. The molecular formula is C10H19NO. The smallest absolute Gasteiger partial charge is 0.0718 e. The number of rotatable bonds is 4. The van der Waals surface area contributed by atoms with Crippen LogP contribution >= 0.6 is 0 Å². The molecule has 0 aliphatic carbocycles. The second-order valence-electron chi connectivity index (χ2n) is 3.54. The van der Waals surface area contributed by atoms with E-state index in [1.807, 2.05) is 20.8 Å². The molecule has 0 aromatic heterocycles. The van der Waals surface area contributed by atoms with Gasteiger partial charge in [0.25, 0.3) is 0 Å². The molecule has 2 heteroatoms. The Bertz CT molecular complexity index is 171. The summed E-state index contributed by atoms with van der Waals surface area (Å²) in [6.07, 6.45) is 0. The molecule has 1 N–H and O–H groups in total. The first-order valence-corrected chi connectivity index (χ1v) is 4.34. The van der Waals surface area contributed by atoms with E-state index in [-0.39, 0.29) is 0 Å². The zero-order valence-corrected chi connectivity index (χ0v) is 8.52. The number of aliphatic hydroxyl groups is 1. The lowest BCUT2D eigenvalue weighted by atomic mass is 10.1. The summed E-state index contributed by atoms with van der Waals surface area (Å²) in [6, 6.07) is 0. The zero-order chi connectivity index (χ0) is 9.61. The van der Waals surface area contributed by atoms with Gasteiger partial charge in [0.05, 0.1) is 12.1 Å². The molecule has 0 heterocycles. The van der Waals surface area contributed by atoms with Crippen molar-refractivity contribution in [3.63, 3.8) is 0 Å². The first kappa shape index (κ1) is 11.5. The molecule has 0 bridgehead atoms. The third-order valence-corrected chi connectivity index (χ3v) is 1.54. The van der Waals surface area contributed by atoms with Gasteiger partial charge in [-0.25, -0.2) is 0 Å². The quantitative estimate of drug-likeness (QED) is 0.637. The summed E-state index contributed by atoms with van der Waals surface area (Å²) in [7, 11) is 0. The highest BCUT2D eigenvalue weighted by Crippen LogP contribution is 2.03. The average Bonchev–Trinajstić information content (AvgIpc) is 1.95. The molecule has 0 unspecified atom stereocenters. The fraction of sp³-hybridized carbons (Fsp3) is 0.800. The second-order valence-corrected chi connectivity index (χ2v) is 3.54. The number of hydrogen-bond donors (Lipinski definition) is 1. The minimum atomic E-state index is -0.620. The van der Waals surface area contributed by atoms with Gasteiger partial charge < -0.3 is 5.11 Å². The van der Waals surface area contributed by atoms with Crippen molar-refractivity contribution in [1.29, 1.82) is 0 Å². The predicted octanol–water partition coefficient (Wildman–Crippen LogP) is 1.10. The van der Waals surface area contributed by atoms with Gasteiger partial charge in [-0.05, 0) is 27.3 Å². The van der Waals surface area contributed by atoms with E-state index >= 15 is 0 Å². The highest BCUT2D eigenvalue weighted by molar-refractivity contribution is 4.98. The number of nitrogens with zero attached hydrogens (tertiary/aromatic N) is 1. The number of likely N-dealkylation sites (N-methyl/N-ethyl adjacent to an activating group) is 1. The van der Waals surface area contributed by atoms with E-state index in [4.69, 9.17) is 0 Å². The summed E-state index contributed by atoms with van der Waals surface area (Å²) >= 11 is 0. The molecule has 0 aromatic carbocycles. The molecule has 0 aliphatic rings. The van der Waals surface area contributed by atoms with Crippen LogP contribution in [0.25, 0.3) is 0 Å². The van der Waals surface area contributed by atoms with Gasteiger partial charge >= 0.3 is 0 Å². The molecule has 70 valence electrons. The largest absolute Gasteiger partial charge is 0.389 e. The lowest BCUT2D eigenvalue weighted by Gasteiger charge is -2.26. The maximum atomic E-state index is 9.53. The van der Waals surface area contributed by atoms with Crippen molar-refractivity contribution in [3.8, 4) is 11.8 Å². The molecule has 0 rings (SSSR count). The second kappa shape index (κ2) is 5.18. The van der Waals surface area contributed by atoms with Crippen molar-refractivity contribution >= 4 is 0 Å². The fourth-order valence-electron chi connectivity index (χ4n) is 1.02. The van der Waals surface area contributed by atoms with Crippen LogP contribution in [0, 0.1) is 11.8 Å². The molecule has 2 nitrogen and oxygen atoms in total. The Labute approximate surface area is 75.6 Å². The van der Waals surface area contributed by atoms with Crippen LogP contribution in [-0.4, -0.2) is 35.2 Å². The Hall–Kier alpha value is -0.520. The standard InChI is InChI=1S/C10H19NO/c1-5-7-8-11(6-2)9-10(3,4)12/h12H,6,8-9H2,1-4H3. The molecule has 0 aromatic rings. The van der Waals surface area contributed by atoms with Crippen LogP contribution in [0.2, 0.25) is 0 Å². The fourth-order valence-corrected chi connectivity index (χ4v) is 1.02. The highest BCUT2D eigenvalue weighted by atomic mass is 16.3. The van der Waals surface area contributed by atoms with Gasteiger partial charge in [0.15, 0.2) is 0 Å². The van der Waals surface area contributed by atoms with Crippen LogP contribution in [0.3, 0.4) is 0 Å². The Morgan fingerprint density at radius 1 is 1.42 bits per heavy atom. The van der Waals surface area contributed by atoms with Gasteiger partial charge in [-0.1, -0.05) is 12.8 Å². The molecule has 0 saturated carbocycles. The number of hydrogen-bond acceptors (Lipinski definition) is 2. The topological polar surface area (TPSA) is 23.5 Å². The van der Waals surface area contributed by atoms with Crippen molar-refractivity contribution in [2.24, 2.45) is 0 Å². The minimum absolute atomic E-state index is 0.620. The van der Waals surface area contributed by atoms with E-state index in [0.717, 1.165) is 13.1 Å². The first-order valence-electron chi connectivity index (χ1n) is 4.34. The van der Waals surface area contributed by atoms with Gasteiger partial charge in [0.2, 0.25) is 0 Å². The van der Waals surface area contributed by atoms with Crippen LogP contribution < -0.4 is 0 Å². The molecule has 0 amide bonds. The summed E-state index contributed by atoms with van der Waals surface area (Å²) < 4.78 is 0. The summed E-state index contributed by atoms with van der Waals surface area (Å²) in [6.45, 7) is 9.89. The predicted molar refractivity (Wildman–Crippen MR) is 51.9 cm³/mol. The third kappa shape index (κ3) is 6.21. The van der Waals surface area contributed by atoms with Gasteiger partial charge in [-0.15, -0.1) is 5.92 Å². The van der Waals surface area contributed by atoms with Crippen LogP contribution in [-0.2, 0) is 0 Å². The van der Waals surface area contributed by atoms with Crippen molar-refractivity contribution in [1.82, 2.24) is 4.90 Å². The van der Waals surface area contributed by atoms with E-state index < -0.39 is 5.60 Å². The Kier molecular flexibility index (Phi) is 4.96. The summed E-state index contributed by atoms with van der Waals surface area (Å²) in [5.74, 6) is 5.83.